The molecule has 1 aromatic heterocycles. The van der Waals surface area contributed by atoms with Crippen molar-refractivity contribution in [2.45, 2.75) is 13.1 Å². The van der Waals surface area contributed by atoms with Crippen molar-refractivity contribution in [1.29, 1.82) is 0 Å². The number of nitrogens with zero attached hydrogens (tertiary/aromatic N) is 3. The maximum atomic E-state index is 5.70. The van der Waals surface area contributed by atoms with E-state index in [4.69, 9.17) is 5.73 Å². The largest absolute Gasteiger partial charge is 0.355 e. The molecule has 3 aromatic rings. The maximum absolute atomic E-state index is 5.70. The standard InChI is InChI=1S/C17H18N4/c1-21(11-14-6-4-5-13(9-14)10-18)17-15-7-2-3-8-16(15)19-12-20-17/h2-9,12H,10-11,18H2,1H3. The molecule has 0 fully saturated rings. The predicted molar refractivity (Wildman–Crippen MR) is 86.0 cm³/mol. The normalized spacial score (nSPS) is 10.8. The summed E-state index contributed by atoms with van der Waals surface area (Å²) in [6, 6.07) is 16.4. The molecule has 0 bridgehead atoms. The van der Waals surface area contributed by atoms with Crippen molar-refractivity contribution >= 4 is 16.7 Å². The number of aromatic nitrogens is 2. The first-order valence-corrected chi connectivity index (χ1v) is 6.96. The SMILES string of the molecule is CN(Cc1cccc(CN)c1)c1ncnc2ccccc12. The Morgan fingerprint density at radius 1 is 1.00 bits per heavy atom. The minimum absolute atomic E-state index is 0.563. The lowest BCUT2D eigenvalue weighted by Crippen LogP contribution is -2.18. The molecule has 0 radical (unpaired) electrons. The van der Waals surface area contributed by atoms with E-state index in [0.29, 0.717) is 6.54 Å². The summed E-state index contributed by atoms with van der Waals surface area (Å²) in [5.74, 6) is 0.943. The molecule has 3 rings (SSSR count). The molecule has 0 aliphatic rings. The molecule has 0 unspecified atom stereocenters. The van der Waals surface area contributed by atoms with E-state index in [1.54, 1.807) is 6.33 Å². The molecule has 106 valence electrons. The molecule has 21 heavy (non-hydrogen) atoms. The van der Waals surface area contributed by atoms with Crippen molar-refractivity contribution in [3.05, 3.63) is 66.0 Å². The number of benzene rings is 2. The van der Waals surface area contributed by atoms with Crippen LogP contribution in [0.2, 0.25) is 0 Å². The minimum Gasteiger partial charge on any atom is -0.355 e. The molecule has 2 N–H and O–H groups in total. The van der Waals surface area contributed by atoms with Gasteiger partial charge in [-0.2, -0.15) is 0 Å². The van der Waals surface area contributed by atoms with Crippen LogP contribution in [-0.4, -0.2) is 17.0 Å². The van der Waals surface area contributed by atoms with Crippen LogP contribution in [0.4, 0.5) is 5.82 Å². The second kappa shape index (κ2) is 5.89. The molecule has 4 heteroatoms. The first-order chi connectivity index (χ1) is 10.3. The molecular formula is C17H18N4. The number of hydrogen-bond acceptors (Lipinski definition) is 4. The van der Waals surface area contributed by atoms with Crippen molar-refractivity contribution in [3.63, 3.8) is 0 Å². The molecule has 0 saturated carbocycles. The molecule has 0 amide bonds. The second-order valence-electron chi connectivity index (χ2n) is 5.09. The summed E-state index contributed by atoms with van der Waals surface area (Å²) in [4.78, 5) is 10.9. The number of para-hydroxylation sites is 1. The van der Waals surface area contributed by atoms with Gasteiger partial charge in [0.25, 0.3) is 0 Å². The highest BCUT2D eigenvalue weighted by Crippen LogP contribution is 2.22. The minimum atomic E-state index is 0.563. The number of rotatable bonds is 4. The summed E-state index contributed by atoms with van der Waals surface area (Å²) < 4.78 is 0. The summed E-state index contributed by atoms with van der Waals surface area (Å²) in [5.41, 5.74) is 9.04. The molecule has 0 aliphatic heterocycles. The Hall–Kier alpha value is -2.46. The first-order valence-electron chi connectivity index (χ1n) is 6.96. The van der Waals surface area contributed by atoms with E-state index in [9.17, 15) is 0 Å². The van der Waals surface area contributed by atoms with Gasteiger partial charge in [-0.1, -0.05) is 36.4 Å². The van der Waals surface area contributed by atoms with Gasteiger partial charge in [-0.25, -0.2) is 9.97 Å². The Kier molecular flexibility index (Phi) is 3.79. The Bertz CT molecular complexity index is 749. The zero-order chi connectivity index (χ0) is 14.7. The van der Waals surface area contributed by atoms with Crippen LogP contribution in [0.15, 0.2) is 54.9 Å². The lowest BCUT2D eigenvalue weighted by molar-refractivity contribution is 0.896. The second-order valence-corrected chi connectivity index (χ2v) is 5.09. The zero-order valence-electron chi connectivity index (χ0n) is 12.0. The quantitative estimate of drug-likeness (QED) is 0.797. The van der Waals surface area contributed by atoms with Crippen LogP contribution in [0.5, 0.6) is 0 Å². The Balaban J connectivity index is 1.91. The third kappa shape index (κ3) is 2.85. The first kappa shape index (κ1) is 13.5. The van der Waals surface area contributed by atoms with Crippen LogP contribution in [0.3, 0.4) is 0 Å². The number of nitrogens with two attached hydrogens (primary N) is 1. The fourth-order valence-electron chi connectivity index (χ4n) is 2.50. The molecule has 0 spiro atoms. The molecule has 0 aliphatic carbocycles. The Morgan fingerprint density at radius 3 is 2.67 bits per heavy atom. The van der Waals surface area contributed by atoms with E-state index in [-0.39, 0.29) is 0 Å². The van der Waals surface area contributed by atoms with Crippen molar-refractivity contribution in [3.8, 4) is 0 Å². The average molecular weight is 278 g/mol. The smallest absolute Gasteiger partial charge is 0.139 e. The number of anilines is 1. The summed E-state index contributed by atoms with van der Waals surface area (Å²) in [6.07, 6.45) is 1.62. The summed E-state index contributed by atoms with van der Waals surface area (Å²) in [7, 11) is 2.05. The van der Waals surface area contributed by atoms with Crippen LogP contribution < -0.4 is 10.6 Å². The lowest BCUT2D eigenvalue weighted by atomic mass is 10.1. The topological polar surface area (TPSA) is 55.0 Å². The Morgan fingerprint density at radius 2 is 1.81 bits per heavy atom. The van der Waals surface area contributed by atoms with Crippen LogP contribution in [0, 0.1) is 0 Å². The third-order valence-electron chi connectivity index (χ3n) is 3.53. The molecule has 0 atom stereocenters. The van der Waals surface area contributed by atoms with Gasteiger partial charge in [0.2, 0.25) is 0 Å². The maximum Gasteiger partial charge on any atom is 0.139 e. The van der Waals surface area contributed by atoms with Gasteiger partial charge < -0.3 is 10.6 Å². The third-order valence-corrected chi connectivity index (χ3v) is 3.53. The number of hydrogen-bond donors (Lipinski definition) is 1. The van der Waals surface area contributed by atoms with Crippen molar-refractivity contribution in [2.24, 2.45) is 5.73 Å². The van der Waals surface area contributed by atoms with Gasteiger partial charge in [0.05, 0.1) is 5.52 Å². The van der Waals surface area contributed by atoms with Gasteiger partial charge >= 0.3 is 0 Å². The van der Waals surface area contributed by atoms with Gasteiger partial charge in [-0.3, -0.25) is 0 Å². The van der Waals surface area contributed by atoms with Crippen LogP contribution in [-0.2, 0) is 13.1 Å². The van der Waals surface area contributed by atoms with E-state index in [1.165, 1.54) is 5.56 Å². The lowest BCUT2D eigenvalue weighted by Gasteiger charge is -2.20. The Labute approximate surface area is 124 Å². The van der Waals surface area contributed by atoms with E-state index < -0.39 is 0 Å². The molecule has 1 heterocycles. The van der Waals surface area contributed by atoms with Crippen LogP contribution in [0.25, 0.3) is 10.9 Å². The zero-order valence-corrected chi connectivity index (χ0v) is 12.0. The van der Waals surface area contributed by atoms with Gasteiger partial charge in [0, 0.05) is 25.5 Å². The molecule has 2 aromatic carbocycles. The summed E-state index contributed by atoms with van der Waals surface area (Å²) in [5, 5.41) is 1.07. The fraction of sp³-hybridized carbons (Fsp3) is 0.176. The predicted octanol–water partition coefficient (Wildman–Crippen LogP) is 2.72. The monoisotopic (exact) mass is 278 g/mol. The van der Waals surface area contributed by atoms with Crippen molar-refractivity contribution in [1.82, 2.24) is 9.97 Å². The van der Waals surface area contributed by atoms with E-state index in [1.807, 2.05) is 37.4 Å². The highest BCUT2D eigenvalue weighted by Gasteiger charge is 2.08. The highest BCUT2D eigenvalue weighted by atomic mass is 15.2. The molecular weight excluding hydrogens is 260 g/mol. The van der Waals surface area contributed by atoms with E-state index >= 15 is 0 Å². The van der Waals surface area contributed by atoms with Gasteiger partial charge in [-0.05, 0) is 23.3 Å². The van der Waals surface area contributed by atoms with Crippen LogP contribution in [0.1, 0.15) is 11.1 Å². The summed E-state index contributed by atoms with van der Waals surface area (Å²) >= 11 is 0. The van der Waals surface area contributed by atoms with Gasteiger partial charge in [0.15, 0.2) is 0 Å². The molecule has 0 saturated heterocycles. The van der Waals surface area contributed by atoms with Crippen LogP contribution >= 0.6 is 0 Å². The van der Waals surface area contributed by atoms with Crippen molar-refractivity contribution in [2.75, 3.05) is 11.9 Å². The van der Waals surface area contributed by atoms with Gasteiger partial charge in [-0.15, -0.1) is 0 Å². The fourth-order valence-corrected chi connectivity index (χ4v) is 2.50. The summed E-state index contributed by atoms with van der Waals surface area (Å²) in [6.45, 7) is 1.35. The van der Waals surface area contributed by atoms with E-state index in [0.717, 1.165) is 28.8 Å². The highest BCUT2D eigenvalue weighted by molar-refractivity contribution is 5.89. The molecule has 4 nitrogen and oxygen atoms in total. The van der Waals surface area contributed by atoms with Gasteiger partial charge in [0.1, 0.15) is 12.1 Å². The number of fused-ring (bicyclic) bond motifs is 1. The van der Waals surface area contributed by atoms with Crippen molar-refractivity contribution < 1.29 is 0 Å². The average Bonchev–Trinajstić information content (AvgIpc) is 2.54. The van der Waals surface area contributed by atoms with E-state index in [2.05, 4.69) is 33.1 Å².